The molecule has 0 aromatic carbocycles. The molecule has 2 atom stereocenters. The molecule has 18 heavy (non-hydrogen) atoms. The van der Waals surface area contributed by atoms with Crippen LogP contribution in [0.5, 0.6) is 0 Å². The van der Waals surface area contributed by atoms with Crippen molar-refractivity contribution in [2.24, 2.45) is 18.7 Å². The van der Waals surface area contributed by atoms with Gasteiger partial charge in [-0.3, -0.25) is 9.58 Å². The second-order valence-corrected chi connectivity index (χ2v) is 5.23. The molecule has 1 aromatic heterocycles. The summed E-state index contributed by atoms with van der Waals surface area (Å²) in [4.78, 5) is 13.3. The Kier molecular flexibility index (Phi) is 3.68. The van der Waals surface area contributed by atoms with Crippen LogP contribution in [0.4, 0.5) is 0 Å². The van der Waals surface area contributed by atoms with Crippen LogP contribution in [0.25, 0.3) is 0 Å². The van der Waals surface area contributed by atoms with Gasteiger partial charge in [-0.05, 0) is 12.3 Å². The van der Waals surface area contributed by atoms with E-state index >= 15 is 0 Å². The first kappa shape index (κ1) is 13.0. The number of aryl methyl sites for hydroxylation is 1. The number of rotatable bonds is 3. The summed E-state index contributed by atoms with van der Waals surface area (Å²) in [6, 6.07) is 0.176. The van der Waals surface area contributed by atoms with Crippen LogP contribution >= 0.6 is 0 Å². The molecule has 1 fully saturated rings. The molecule has 3 N–H and O–H groups in total. The molecule has 2 heterocycles. The molecule has 1 aliphatic heterocycles. The van der Waals surface area contributed by atoms with E-state index in [-0.39, 0.29) is 11.6 Å². The molecule has 0 saturated carbocycles. The standard InChI is InChI=1S/C12H20N4O2/c1-8-3-9(13)6-16(5-8)7-11-10(12(17)18)4-14-15(11)2/h4,8-9H,3,5-7,13H2,1-2H3,(H,17,18). The van der Waals surface area contributed by atoms with Gasteiger partial charge in [-0.25, -0.2) is 4.79 Å². The van der Waals surface area contributed by atoms with E-state index in [1.807, 2.05) is 0 Å². The van der Waals surface area contributed by atoms with Gasteiger partial charge in [-0.15, -0.1) is 0 Å². The minimum Gasteiger partial charge on any atom is -0.478 e. The fourth-order valence-electron chi connectivity index (χ4n) is 2.68. The minimum absolute atomic E-state index is 0.176. The fraction of sp³-hybridized carbons (Fsp3) is 0.667. The molecule has 0 amide bonds. The van der Waals surface area contributed by atoms with Crippen molar-refractivity contribution in [3.63, 3.8) is 0 Å². The number of piperidine rings is 1. The zero-order chi connectivity index (χ0) is 13.3. The highest BCUT2D eigenvalue weighted by Crippen LogP contribution is 2.18. The van der Waals surface area contributed by atoms with Crippen molar-refractivity contribution < 1.29 is 9.90 Å². The summed E-state index contributed by atoms with van der Waals surface area (Å²) < 4.78 is 1.63. The maximum atomic E-state index is 11.1. The summed E-state index contributed by atoms with van der Waals surface area (Å²) in [5, 5.41) is 13.1. The first-order valence-corrected chi connectivity index (χ1v) is 6.19. The van der Waals surface area contributed by atoms with Crippen LogP contribution in [0.15, 0.2) is 6.20 Å². The Morgan fingerprint density at radius 3 is 2.94 bits per heavy atom. The topological polar surface area (TPSA) is 84.4 Å². The summed E-state index contributed by atoms with van der Waals surface area (Å²) in [5.41, 5.74) is 7.02. The van der Waals surface area contributed by atoms with Crippen molar-refractivity contribution in [1.82, 2.24) is 14.7 Å². The molecule has 0 radical (unpaired) electrons. The van der Waals surface area contributed by atoms with E-state index in [0.29, 0.717) is 12.5 Å². The van der Waals surface area contributed by atoms with E-state index in [0.717, 1.165) is 25.2 Å². The van der Waals surface area contributed by atoms with E-state index in [4.69, 9.17) is 10.8 Å². The van der Waals surface area contributed by atoms with Crippen LogP contribution in [0.1, 0.15) is 29.4 Å². The zero-order valence-corrected chi connectivity index (χ0v) is 10.8. The number of carboxylic acid groups (broad SMARTS) is 1. The summed E-state index contributed by atoms with van der Waals surface area (Å²) in [7, 11) is 1.77. The maximum absolute atomic E-state index is 11.1. The van der Waals surface area contributed by atoms with Crippen LogP contribution in [0.2, 0.25) is 0 Å². The first-order chi connectivity index (χ1) is 8.47. The molecule has 6 heteroatoms. The van der Waals surface area contributed by atoms with Gasteiger partial charge in [0.25, 0.3) is 0 Å². The van der Waals surface area contributed by atoms with Gasteiger partial charge in [0.15, 0.2) is 0 Å². The van der Waals surface area contributed by atoms with Crippen molar-refractivity contribution in [3.8, 4) is 0 Å². The normalized spacial score (nSPS) is 25.3. The van der Waals surface area contributed by atoms with Crippen molar-refractivity contribution in [2.45, 2.75) is 25.9 Å². The Balaban J connectivity index is 2.13. The van der Waals surface area contributed by atoms with E-state index in [1.165, 1.54) is 6.20 Å². The Hall–Kier alpha value is -1.40. The largest absolute Gasteiger partial charge is 0.478 e. The Bertz CT molecular complexity index is 433. The predicted molar refractivity (Wildman–Crippen MR) is 67.2 cm³/mol. The monoisotopic (exact) mass is 252 g/mol. The number of aromatic carboxylic acids is 1. The third kappa shape index (κ3) is 2.70. The molecule has 0 bridgehead atoms. The van der Waals surface area contributed by atoms with Crippen LogP contribution < -0.4 is 5.73 Å². The molecule has 2 rings (SSSR count). The highest BCUT2D eigenvalue weighted by Gasteiger charge is 2.24. The average molecular weight is 252 g/mol. The molecule has 2 unspecified atom stereocenters. The van der Waals surface area contributed by atoms with Gasteiger partial charge < -0.3 is 10.8 Å². The zero-order valence-electron chi connectivity index (χ0n) is 10.8. The lowest BCUT2D eigenvalue weighted by atomic mass is 9.96. The van der Waals surface area contributed by atoms with Gasteiger partial charge in [0.05, 0.1) is 11.9 Å². The second kappa shape index (κ2) is 5.07. The van der Waals surface area contributed by atoms with Gasteiger partial charge in [-0.1, -0.05) is 6.92 Å². The van der Waals surface area contributed by atoms with E-state index in [2.05, 4.69) is 16.9 Å². The van der Waals surface area contributed by atoms with Crippen molar-refractivity contribution in [1.29, 1.82) is 0 Å². The highest BCUT2D eigenvalue weighted by molar-refractivity contribution is 5.88. The van der Waals surface area contributed by atoms with E-state index in [9.17, 15) is 4.79 Å². The summed E-state index contributed by atoms with van der Waals surface area (Å²) in [6.45, 7) is 4.54. The summed E-state index contributed by atoms with van der Waals surface area (Å²) in [5.74, 6) is -0.372. The van der Waals surface area contributed by atoms with Gasteiger partial charge in [0.1, 0.15) is 5.56 Å². The minimum atomic E-state index is -0.924. The van der Waals surface area contributed by atoms with Crippen LogP contribution in [0, 0.1) is 5.92 Å². The van der Waals surface area contributed by atoms with E-state index in [1.54, 1.807) is 11.7 Å². The van der Waals surface area contributed by atoms with Crippen molar-refractivity contribution in [3.05, 3.63) is 17.5 Å². The number of likely N-dealkylation sites (tertiary alicyclic amines) is 1. The van der Waals surface area contributed by atoms with Gasteiger partial charge in [0.2, 0.25) is 0 Å². The lowest BCUT2D eigenvalue weighted by Crippen LogP contribution is -2.46. The Morgan fingerprint density at radius 2 is 2.33 bits per heavy atom. The number of aromatic nitrogens is 2. The third-order valence-corrected chi connectivity index (χ3v) is 3.43. The number of carboxylic acids is 1. The Morgan fingerprint density at radius 1 is 1.61 bits per heavy atom. The molecular weight excluding hydrogens is 232 g/mol. The maximum Gasteiger partial charge on any atom is 0.339 e. The molecule has 100 valence electrons. The van der Waals surface area contributed by atoms with E-state index < -0.39 is 5.97 Å². The smallest absolute Gasteiger partial charge is 0.339 e. The first-order valence-electron chi connectivity index (χ1n) is 6.19. The van der Waals surface area contributed by atoms with Crippen molar-refractivity contribution >= 4 is 5.97 Å². The molecule has 1 aromatic rings. The molecular formula is C12H20N4O2. The predicted octanol–water partition coefficient (Wildman–Crippen LogP) is 0.287. The number of carbonyl (C=O) groups is 1. The third-order valence-electron chi connectivity index (χ3n) is 3.43. The van der Waals surface area contributed by atoms with Gasteiger partial charge in [-0.2, -0.15) is 5.10 Å². The van der Waals surface area contributed by atoms with Gasteiger partial charge >= 0.3 is 5.97 Å². The lowest BCUT2D eigenvalue weighted by molar-refractivity contribution is 0.0693. The number of hydrogen-bond acceptors (Lipinski definition) is 4. The van der Waals surface area contributed by atoms with Crippen LogP contribution in [-0.2, 0) is 13.6 Å². The molecule has 6 nitrogen and oxygen atoms in total. The van der Waals surface area contributed by atoms with Crippen LogP contribution in [-0.4, -0.2) is 44.9 Å². The number of nitrogens with two attached hydrogens (primary N) is 1. The lowest BCUT2D eigenvalue weighted by Gasteiger charge is -2.34. The molecule has 0 aliphatic carbocycles. The summed E-state index contributed by atoms with van der Waals surface area (Å²) >= 11 is 0. The van der Waals surface area contributed by atoms with Gasteiger partial charge in [0, 0.05) is 32.7 Å². The second-order valence-electron chi connectivity index (χ2n) is 5.23. The Labute approximate surface area is 106 Å². The quantitative estimate of drug-likeness (QED) is 0.807. The highest BCUT2D eigenvalue weighted by atomic mass is 16.4. The molecule has 1 saturated heterocycles. The van der Waals surface area contributed by atoms with Crippen molar-refractivity contribution in [2.75, 3.05) is 13.1 Å². The fourth-order valence-corrected chi connectivity index (χ4v) is 2.68. The molecule has 1 aliphatic rings. The SMILES string of the molecule is CC1CC(N)CN(Cc2c(C(=O)O)cnn2C)C1. The molecule has 0 spiro atoms. The number of nitrogens with zero attached hydrogens (tertiary/aromatic N) is 3. The summed E-state index contributed by atoms with van der Waals surface area (Å²) in [6.07, 6.45) is 2.44. The van der Waals surface area contributed by atoms with Crippen LogP contribution in [0.3, 0.4) is 0 Å². The average Bonchev–Trinajstić information content (AvgIpc) is 2.59. The number of hydrogen-bond donors (Lipinski definition) is 2.